The molecule has 0 N–H and O–H groups in total. The van der Waals surface area contributed by atoms with E-state index in [1.165, 1.54) is 0 Å². The zero-order chi connectivity index (χ0) is 20.4. The van der Waals surface area contributed by atoms with Crippen LogP contribution in [0.4, 0.5) is 0 Å². The number of furan rings is 1. The molecule has 1 aliphatic heterocycles. The van der Waals surface area contributed by atoms with Crippen molar-refractivity contribution in [3.63, 3.8) is 0 Å². The number of pyridine rings is 1. The van der Waals surface area contributed by atoms with Crippen LogP contribution in [0.15, 0.2) is 47.0 Å². The summed E-state index contributed by atoms with van der Waals surface area (Å²) in [6.07, 6.45) is 4.73. The van der Waals surface area contributed by atoms with Gasteiger partial charge in [-0.3, -0.25) is 9.78 Å². The van der Waals surface area contributed by atoms with Crippen LogP contribution in [0, 0.1) is 6.92 Å². The van der Waals surface area contributed by atoms with Gasteiger partial charge < -0.3 is 14.2 Å². The summed E-state index contributed by atoms with van der Waals surface area (Å²) in [7, 11) is 1.88. The number of halogens is 1. The standard InChI is InChI=1S/C23H26ClN3O2/c1-16-19-7-5-8-20(24)22(19)29-21(16)23(28)26(2)18-10-14-27(15-11-18)13-9-17-6-3-4-12-25-17/h3-8,12,18H,9-11,13-15H2,1-2H3. The summed E-state index contributed by atoms with van der Waals surface area (Å²) in [4.78, 5) is 21.8. The van der Waals surface area contributed by atoms with Crippen LogP contribution >= 0.6 is 11.6 Å². The highest BCUT2D eigenvalue weighted by Crippen LogP contribution is 2.31. The Hall–Kier alpha value is -2.37. The number of fused-ring (bicyclic) bond motifs is 1. The summed E-state index contributed by atoms with van der Waals surface area (Å²) in [6.45, 7) is 4.89. The largest absolute Gasteiger partial charge is 0.449 e. The van der Waals surface area contributed by atoms with Gasteiger partial charge in [-0.1, -0.05) is 29.8 Å². The highest BCUT2D eigenvalue weighted by Gasteiger charge is 2.29. The van der Waals surface area contributed by atoms with Crippen molar-refractivity contribution in [2.75, 3.05) is 26.7 Å². The zero-order valence-corrected chi connectivity index (χ0v) is 17.7. The second-order valence-electron chi connectivity index (χ2n) is 7.73. The van der Waals surface area contributed by atoms with E-state index in [-0.39, 0.29) is 11.9 Å². The van der Waals surface area contributed by atoms with Gasteiger partial charge in [0.25, 0.3) is 5.91 Å². The number of nitrogens with zero attached hydrogens (tertiary/aromatic N) is 3. The highest BCUT2D eigenvalue weighted by molar-refractivity contribution is 6.35. The van der Waals surface area contributed by atoms with Gasteiger partial charge in [0, 0.05) is 62.0 Å². The van der Waals surface area contributed by atoms with E-state index >= 15 is 0 Å². The van der Waals surface area contributed by atoms with Crippen LogP contribution in [-0.4, -0.2) is 53.4 Å². The van der Waals surface area contributed by atoms with E-state index in [4.69, 9.17) is 16.0 Å². The summed E-state index contributed by atoms with van der Waals surface area (Å²) in [5.74, 6) is 0.329. The van der Waals surface area contributed by atoms with E-state index < -0.39 is 0 Å². The number of likely N-dealkylation sites (tertiary alicyclic amines) is 1. The first kappa shape index (κ1) is 19.9. The topological polar surface area (TPSA) is 49.6 Å². The number of hydrogen-bond donors (Lipinski definition) is 0. The van der Waals surface area contributed by atoms with Gasteiger partial charge in [-0.25, -0.2) is 0 Å². The van der Waals surface area contributed by atoms with Gasteiger partial charge in [-0.2, -0.15) is 0 Å². The van der Waals surface area contributed by atoms with Crippen molar-refractivity contribution in [1.29, 1.82) is 0 Å². The number of rotatable bonds is 5. The summed E-state index contributed by atoms with van der Waals surface area (Å²) in [5.41, 5.74) is 2.57. The lowest BCUT2D eigenvalue weighted by Gasteiger charge is -2.36. The molecule has 1 saturated heterocycles. The third-order valence-corrected chi connectivity index (χ3v) is 6.24. The van der Waals surface area contributed by atoms with E-state index in [0.29, 0.717) is 16.4 Å². The smallest absolute Gasteiger partial charge is 0.289 e. The Labute approximate surface area is 176 Å². The SMILES string of the molecule is Cc1c(C(=O)N(C)C2CCN(CCc3ccccn3)CC2)oc2c(Cl)cccc12. The molecule has 1 aromatic carbocycles. The molecule has 29 heavy (non-hydrogen) atoms. The Balaban J connectivity index is 1.37. The monoisotopic (exact) mass is 411 g/mol. The fraction of sp³-hybridized carbons (Fsp3) is 0.391. The predicted octanol–water partition coefficient (Wildman–Crippen LogP) is 4.57. The Kier molecular flexibility index (Phi) is 5.88. The molecule has 5 nitrogen and oxygen atoms in total. The average molecular weight is 412 g/mol. The van der Waals surface area contributed by atoms with Crippen LogP contribution in [0.5, 0.6) is 0 Å². The molecule has 1 amide bonds. The first-order valence-electron chi connectivity index (χ1n) is 10.1. The molecular formula is C23H26ClN3O2. The van der Waals surface area contributed by atoms with Gasteiger partial charge in [0.1, 0.15) is 0 Å². The van der Waals surface area contributed by atoms with Crippen molar-refractivity contribution in [2.45, 2.75) is 32.2 Å². The molecule has 6 heteroatoms. The van der Waals surface area contributed by atoms with Gasteiger partial charge in [0.15, 0.2) is 11.3 Å². The molecular weight excluding hydrogens is 386 g/mol. The Morgan fingerprint density at radius 1 is 1.24 bits per heavy atom. The molecule has 2 aromatic heterocycles. The number of aryl methyl sites for hydroxylation is 1. The van der Waals surface area contributed by atoms with Crippen LogP contribution in [0.25, 0.3) is 11.0 Å². The van der Waals surface area contributed by atoms with Crippen molar-refractivity contribution >= 4 is 28.5 Å². The first-order valence-corrected chi connectivity index (χ1v) is 10.5. The molecule has 1 fully saturated rings. The summed E-state index contributed by atoms with van der Waals surface area (Å²) in [6, 6.07) is 11.9. The molecule has 0 spiro atoms. The number of aromatic nitrogens is 1. The minimum Gasteiger partial charge on any atom is -0.449 e. The molecule has 3 heterocycles. The lowest BCUT2D eigenvalue weighted by molar-refractivity contribution is 0.0614. The number of benzene rings is 1. The van der Waals surface area contributed by atoms with Crippen LogP contribution in [0.3, 0.4) is 0 Å². The fourth-order valence-corrected chi connectivity index (χ4v) is 4.30. The van der Waals surface area contributed by atoms with Gasteiger partial charge in [0.2, 0.25) is 0 Å². The van der Waals surface area contributed by atoms with E-state index in [9.17, 15) is 4.79 Å². The molecule has 0 unspecified atom stereocenters. The second kappa shape index (κ2) is 8.56. The highest BCUT2D eigenvalue weighted by atomic mass is 35.5. The van der Waals surface area contributed by atoms with E-state index in [1.54, 1.807) is 6.07 Å². The normalized spacial score (nSPS) is 15.7. The molecule has 0 atom stereocenters. The minimum absolute atomic E-state index is 0.0679. The maximum atomic E-state index is 13.1. The molecule has 3 aromatic rings. The van der Waals surface area contributed by atoms with E-state index in [2.05, 4.69) is 16.0 Å². The van der Waals surface area contributed by atoms with Crippen LogP contribution < -0.4 is 0 Å². The molecule has 0 aliphatic carbocycles. The second-order valence-corrected chi connectivity index (χ2v) is 8.14. The summed E-state index contributed by atoms with van der Waals surface area (Å²) < 4.78 is 5.87. The van der Waals surface area contributed by atoms with Crippen LogP contribution in [0.1, 0.15) is 34.7 Å². The number of carbonyl (C=O) groups is 1. The van der Waals surface area contributed by atoms with Crippen molar-refractivity contribution in [3.8, 4) is 0 Å². The zero-order valence-electron chi connectivity index (χ0n) is 16.9. The van der Waals surface area contributed by atoms with Crippen LogP contribution in [-0.2, 0) is 6.42 Å². The Morgan fingerprint density at radius 2 is 2.03 bits per heavy atom. The van der Waals surface area contributed by atoms with Gasteiger partial charge in [-0.15, -0.1) is 0 Å². The molecule has 1 aliphatic rings. The predicted molar refractivity (Wildman–Crippen MR) is 115 cm³/mol. The third kappa shape index (κ3) is 4.16. The quantitative estimate of drug-likeness (QED) is 0.617. The third-order valence-electron chi connectivity index (χ3n) is 5.95. The van der Waals surface area contributed by atoms with Crippen molar-refractivity contribution < 1.29 is 9.21 Å². The summed E-state index contributed by atoms with van der Waals surface area (Å²) in [5, 5.41) is 1.44. The number of carbonyl (C=O) groups excluding carboxylic acids is 1. The number of amides is 1. The summed E-state index contributed by atoms with van der Waals surface area (Å²) >= 11 is 6.24. The van der Waals surface area contributed by atoms with Crippen molar-refractivity contribution in [2.24, 2.45) is 0 Å². The minimum atomic E-state index is -0.0679. The van der Waals surface area contributed by atoms with E-state index in [0.717, 1.165) is 55.5 Å². The lowest BCUT2D eigenvalue weighted by atomic mass is 10.0. The molecule has 0 bridgehead atoms. The van der Waals surface area contributed by atoms with Gasteiger partial charge in [0.05, 0.1) is 5.02 Å². The maximum absolute atomic E-state index is 13.1. The Bertz CT molecular complexity index is 994. The fourth-order valence-electron chi connectivity index (χ4n) is 4.09. The molecule has 4 rings (SSSR count). The number of para-hydroxylation sites is 1. The lowest BCUT2D eigenvalue weighted by Crippen LogP contribution is -2.46. The Morgan fingerprint density at radius 3 is 2.72 bits per heavy atom. The molecule has 152 valence electrons. The maximum Gasteiger partial charge on any atom is 0.289 e. The van der Waals surface area contributed by atoms with Crippen molar-refractivity contribution in [3.05, 3.63) is 64.6 Å². The average Bonchev–Trinajstić information content (AvgIpc) is 3.10. The molecule has 0 saturated carbocycles. The molecule has 0 radical (unpaired) electrons. The number of piperidine rings is 1. The van der Waals surface area contributed by atoms with Crippen LogP contribution in [0.2, 0.25) is 5.02 Å². The van der Waals surface area contributed by atoms with E-state index in [1.807, 2.05) is 49.3 Å². The first-order chi connectivity index (χ1) is 14.0. The number of hydrogen-bond acceptors (Lipinski definition) is 4. The van der Waals surface area contributed by atoms with Crippen molar-refractivity contribution in [1.82, 2.24) is 14.8 Å². The van der Waals surface area contributed by atoms with Gasteiger partial charge >= 0.3 is 0 Å². The van der Waals surface area contributed by atoms with Gasteiger partial charge in [-0.05, 0) is 38.0 Å².